The van der Waals surface area contributed by atoms with Gasteiger partial charge in [0.05, 0.1) is 0 Å². The molecule has 1 aliphatic rings. The van der Waals surface area contributed by atoms with Gasteiger partial charge in [0, 0.05) is 31.1 Å². The molecule has 1 fully saturated rings. The van der Waals surface area contributed by atoms with Crippen LogP contribution >= 0.6 is 12.4 Å². The lowest BCUT2D eigenvalue weighted by Gasteiger charge is -2.21. The van der Waals surface area contributed by atoms with Crippen LogP contribution in [0.4, 0.5) is 0 Å². The van der Waals surface area contributed by atoms with Crippen LogP contribution in [0.15, 0.2) is 24.3 Å². The first-order valence-corrected chi connectivity index (χ1v) is 8.56. The number of piperidine rings is 1. The SMILES string of the molecule is CN(C)CCNC(=O)c1cccc(CNC(=O)C2CCNCC2)c1.Cl. The minimum atomic E-state index is -0.0802. The minimum Gasteiger partial charge on any atom is -0.352 e. The van der Waals surface area contributed by atoms with Crippen LogP contribution in [0.5, 0.6) is 0 Å². The molecule has 0 saturated carbocycles. The average Bonchev–Trinajstić information content (AvgIpc) is 2.60. The molecule has 25 heavy (non-hydrogen) atoms. The Balaban J connectivity index is 0.00000312. The molecule has 6 nitrogen and oxygen atoms in total. The van der Waals surface area contributed by atoms with Crippen LogP contribution < -0.4 is 16.0 Å². The summed E-state index contributed by atoms with van der Waals surface area (Å²) in [7, 11) is 3.94. The summed E-state index contributed by atoms with van der Waals surface area (Å²) in [5.74, 6) is 0.129. The Morgan fingerprint density at radius 1 is 1.20 bits per heavy atom. The summed E-state index contributed by atoms with van der Waals surface area (Å²) in [4.78, 5) is 26.3. The van der Waals surface area contributed by atoms with Gasteiger partial charge in [-0.25, -0.2) is 0 Å². The third-order valence-corrected chi connectivity index (χ3v) is 4.21. The predicted octanol–water partition coefficient (Wildman–Crippen LogP) is 1.02. The molecule has 0 spiro atoms. The van der Waals surface area contributed by atoms with Crippen molar-refractivity contribution in [3.8, 4) is 0 Å². The van der Waals surface area contributed by atoms with E-state index in [4.69, 9.17) is 0 Å². The summed E-state index contributed by atoms with van der Waals surface area (Å²) < 4.78 is 0. The van der Waals surface area contributed by atoms with E-state index in [0.29, 0.717) is 18.7 Å². The summed E-state index contributed by atoms with van der Waals surface area (Å²) in [5.41, 5.74) is 1.57. The molecule has 140 valence electrons. The lowest BCUT2D eigenvalue weighted by atomic mass is 9.97. The van der Waals surface area contributed by atoms with Gasteiger partial charge in [-0.05, 0) is 57.7 Å². The smallest absolute Gasteiger partial charge is 0.251 e. The van der Waals surface area contributed by atoms with E-state index in [1.807, 2.05) is 37.2 Å². The molecular formula is C18H29ClN4O2. The predicted molar refractivity (Wildman–Crippen MR) is 102 cm³/mol. The van der Waals surface area contributed by atoms with Crippen molar-refractivity contribution < 1.29 is 9.59 Å². The maximum Gasteiger partial charge on any atom is 0.251 e. The molecule has 0 aromatic heterocycles. The summed E-state index contributed by atoms with van der Waals surface area (Å²) in [6, 6.07) is 7.42. The van der Waals surface area contributed by atoms with Crippen LogP contribution in [-0.2, 0) is 11.3 Å². The average molecular weight is 369 g/mol. The van der Waals surface area contributed by atoms with Crippen molar-refractivity contribution in [3.05, 3.63) is 35.4 Å². The van der Waals surface area contributed by atoms with Crippen LogP contribution in [0.25, 0.3) is 0 Å². The highest BCUT2D eigenvalue weighted by atomic mass is 35.5. The molecule has 0 bridgehead atoms. The Hall–Kier alpha value is -1.63. The van der Waals surface area contributed by atoms with Gasteiger partial charge in [0.25, 0.3) is 5.91 Å². The maximum atomic E-state index is 12.2. The van der Waals surface area contributed by atoms with Crippen molar-refractivity contribution in [1.29, 1.82) is 0 Å². The molecular weight excluding hydrogens is 340 g/mol. The first kappa shape index (κ1) is 21.4. The van der Waals surface area contributed by atoms with Gasteiger partial charge in [-0.15, -0.1) is 12.4 Å². The fourth-order valence-electron chi connectivity index (χ4n) is 2.74. The number of carbonyl (C=O) groups excluding carboxylic acids is 2. The number of hydrogen-bond donors (Lipinski definition) is 3. The van der Waals surface area contributed by atoms with E-state index in [1.54, 1.807) is 6.07 Å². The highest BCUT2D eigenvalue weighted by Gasteiger charge is 2.20. The van der Waals surface area contributed by atoms with E-state index in [9.17, 15) is 9.59 Å². The molecule has 1 heterocycles. The molecule has 7 heteroatoms. The zero-order valence-corrected chi connectivity index (χ0v) is 15.8. The number of halogens is 1. The second-order valence-corrected chi connectivity index (χ2v) is 6.50. The number of rotatable bonds is 7. The van der Waals surface area contributed by atoms with E-state index in [2.05, 4.69) is 16.0 Å². The van der Waals surface area contributed by atoms with Crippen LogP contribution in [0.3, 0.4) is 0 Å². The van der Waals surface area contributed by atoms with Crippen LogP contribution in [0, 0.1) is 5.92 Å². The summed E-state index contributed by atoms with van der Waals surface area (Å²) >= 11 is 0. The summed E-state index contributed by atoms with van der Waals surface area (Å²) in [6.07, 6.45) is 1.78. The molecule has 0 aliphatic carbocycles. The molecule has 0 atom stereocenters. The monoisotopic (exact) mass is 368 g/mol. The van der Waals surface area contributed by atoms with Crippen LogP contribution in [0.2, 0.25) is 0 Å². The maximum absolute atomic E-state index is 12.2. The number of amides is 2. The first-order valence-electron chi connectivity index (χ1n) is 8.56. The van der Waals surface area contributed by atoms with E-state index >= 15 is 0 Å². The molecule has 0 unspecified atom stereocenters. The van der Waals surface area contributed by atoms with E-state index in [0.717, 1.165) is 38.0 Å². The van der Waals surface area contributed by atoms with Crippen LogP contribution in [0.1, 0.15) is 28.8 Å². The quantitative estimate of drug-likeness (QED) is 0.671. The topological polar surface area (TPSA) is 73.5 Å². The molecule has 1 aromatic rings. The molecule has 2 amide bonds. The van der Waals surface area contributed by atoms with Gasteiger partial charge in [-0.3, -0.25) is 9.59 Å². The zero-order chi connectivity index (χ0) is 17.4. The van der Waals surface area contributed by atoms with E-state index < -0.39 is 0 Å². The standard InChI is InChI=1S/C18H28N4O2.ClH/c1-22(2)11-10-20-18(24)16-5-3-4-14(12-16)13-21-17(23)15-6-8-19-9-7-15;/h3-5,12,15,19H,6-11,13H2,1-2H3,(H,20,24)(H,21,23);1H. The Labute approximate surface area is 156 Å². The van der Waals surface area contributed by atoms with Crippen molar-refractivity contribution in [2.45, 2.75) is 19.4 Å². The fourth-order valence-corrected chi connectivity index (χ4v) is 2.74. The molecule has 2 rings (SSSR count). The minimum absolute atomic E-state index is 0. The molecule has 1 aromatic carbocycles. The second-order valence-electron chi connectivity index (χ2n) is 6.50. The summed E-state index contributed by atoms with van der Waals surface area (Å²) in [5, 5.41) is 9.15. The number of nitrogens with zero attached hydrogens (tertiary/aromatic N) is 1. The highest BCUT2D eigenvalue weighted by molar-refractivity contribution is 5.94. The van der Waals surface area contributed by atoms with Crippen molar-refractivity contribution >= 4 is 24.2 Å². The number of likely N-dealkylation sites (N-methyl/N-ethyl adjacent to an activating group) is 1. The van der Waals surface area contributed by atoms with Gasteiger partial charge in [0.15, 0.2) is 0 Å². The Morgan fingerprint density at radius 3 is 2.60 bits per heavy atom. The molecule has 1 aliphatic heterocycles. The number of benzene rings is 1. The highest BCUT2D eigenvalue weighted by Crippen LogP contribution is 2.12. The first-order chi connectivity index (χ1) is 11.6. The number of nitrogens with one attached hydrogen (secondary N) is 3. The third-order valence-electron chi connectivity index (χ3n) is 4.21. The lowest BCUT2D eigenvalue weighted by Crippen LogP contribution is -2.37. The molecule has 3 N–H and O–H groups in total. The number of hydrogen-bond acceptors (Lipinski definition) is 4. The summed E-state index contributed by atoms with van der Waals surface area (Å²) in [6.45, 7) is 3.68. The van der Waals surface area contributed by atoms with Crippen molar-refractivity contribution in [1.82, 2.24) is 20.9 Å². The third kappa shape index (κ3) is 7.42. The van der Waals surface area contributed by atoms with Crippen LogP contribution in [-0.4, -0.2) is 57.0 Å². The fraction of sp³-hybridized carbons (Fsp3) is 0.556. The normalized spacial score (nSPS) is 14.7. The van der Waals surface area contributed by atoms with E-state index in [-0.39, 0.29) is 30.1 Å². The zero-order valence-electron chi connectivity index (χ0n) is 15.0. The van der Waals surface area contributed by atoms with Crippen molar-refractivity contribution in [2.24, 2.45) is 5.92 Å². The Morgan fingerprint density at radius 2 is 1.92 bits per heavy atom. The largest absolute Gasteiger partial charge is 0.352 e. The van der Waals surface area contributed by atoms with Crippen molar-refractivity contribution in [3.63, 3.8) is 0 Å². The second kappa shape index (κ2) is 11.1. The van der Waals surface area contributed by atoms with Gasteiger partial charge in [-0.1, -0.05) is 12.1 Å². The Kier molecular flexibility index (Phi) is 9.49. The van der Waals surface area contributed by atoms with Gasteiger partial charge in [-0.2, -0.15) is 0 Å². The van der Waals surface area contributed by atoms with Gasteiger partial charge < -0.3 is 20.9 Å². The van der Waals surface area contributed by atoms with Crippen molar-refractivity contribution in [2.75, 3.05) is 40.3 Å². The van der Waals surface area contributed by atoms with Gasteiger partial charge in [0.1, 0.15) is 0 Å². The Bertz CT molecular complexity index is 560. The molecule has 0 radical (unpaired) electrons. The van der Waals surface area contributed by atoms with Gasteiger partial charge in [0.2, 0.25) is 5.91 Å². The number of carbonyl (C=O) groups is 2. The molecule has 1 saturated heterocycles. The van der Waals surface area contributed by atoms with Gasteiger partial charge >= 0.3 is 0 Å². The lowest BCUT2D eigenvalue weighted by molar-refractivity contribution is -0.125. The van der Waals surface area contributed by atoms with E-state index in [1.165, 1.54) is 0 Å².